The normalized spacial score (nSPS) is 10.7. The van der Waals surface area contributed by atoms with E-state index in [2.05, 4.69) is 26.1 Å². The smallest absolute Gasteiger partial charge is 0.329 e. The van der Waals surface area contributed by atoms with Crippen LogP contribution < -0.4 is 20.8 Å². The molecule has 0 aliphatic heterocycles. The van der Waals surface area contributed by atoms with Crippen molar-refractivity contribution in [2.45, 2.75) is 13.3 Å². The third-order valence-corrected chi connectivity index (χ3v) is 3.25. The molecule has 0 aliphatic rings. The second kappa shape index (κ2) is 9.66. The molecular weight excluding hydrogens is 350 g/mol. The molecule has 0 aliphatic carbocycles. The van der Waals surface area contributed by atoms with E-state index >= 15 is 0 Å². The van der Waals surface area contributed by atoms with Crippen molar-refractivity contribution in [3.8, 4) is 5.75 Å². The van der Waals surface area contributed by atoms with Crippen LogP contribution in [0.15, 0.2) is 53.8 Å². The van der Waals surface area contributed by atoms with Gasteiger partial charge in [0, 0.05) is 17.6 Å². The van der Waals surface area contributed by atoms with Gasteiger partial charge < -0.3 is 15.4 Å². The summed E-state index contributed by atoms with van der Waals surface area (Å²) in [5.74, 6) is -1.26. The van der Waals surface area contributed by atoms with Gasteiger partial charge in [0.15, 0.2) is 0 Å². The molecule has 2 aromatic rings. The molecule has 3 amide bonds. The number of hydrogen-bond donors (Lipinski definition) is 3. The lowest BCUT2D eigenvalue weighted by Gasteiger charge is -2.06. The van der Waals surface area contributed by atoms with Crippen LogP contribution in [0.4, 0.5) is 11.5 Å². The molecule has 0 saturated heterocycles. The van der Waals surface area contributed by atoms with Gasteiger partial charge in [-0.05, 0) is 43.3 Å². The van der Waals surface area contributed by atoms with Crippen LogP contribution in [0.1, 0.15) is 13.3 Å². The number of carbonyl (C=O) groups is 3. The monoisotopic (exact) mass is 369 g/mol. The van der Waals surface area contributed by atoms with E-state index < -0.39 is 11.8 Å². The highest BCUT2D eigenvalue weighted by atomic mass is 16.5. The first-order chi connectivity index (χ1) is 13.0. The lowest BCUT2D eigenvalue weighted by molar-refractivity contribution is -0.136. The summed E-state index contributed by atoms with van der Waals surface area (Å²) in [5.41, 5.74) is 3.04. The maximum atomic E-state index is 12.0. The van der Waals surface area contributed by atoms with Gasteiger partial charge in [0.25, 0.3) is 0 Å². The summed E-state index contributed by atoms with van der Waals surface area (Å²) < 4.78 is 5.04. The number of nitrogens with one attached hydrogen (secondary N) is 3. The zero-order chi connectivity index (χ0) is 19.6. The fourth-order valence-electron chi connectivity index (χ4n) is 1.96. The fraction of sp³-hybridized carbons (Fsp3) is 0.167. The Morgan fingerprint density at radius 2 is 1.78 bits per heavy atom. The van der Waals surface area contributed by atoms with Crippen molar-refractivity contribution in [3.05, 3.63) is 48.7 Å². The lowest BCUT2D eigenvalue weighted by atomic mass is 10.2. The molecule has 1 heterocycles. The molecule has 0 radical (unpaired) electrons. The number of hydrogen-bond acceptors (Lipinski definition) is 6. The van der Waals surface area contributed by atoms with E-state index in [4.69, 9.17) is 4.74 Å². The van der Waals surface area contributed by atoms with Gasteiger partial charge >= 0.3 is 11.8 Å². The molecule has 0 bridgehead atoms. The summed E-state index contributed by atoms with van der Waals surface area (Å²) in [6.07, 6.45) is 1.44. The average molecular weight is 369 g/mol. The molecule has 0 fully saturated rings. The largest absolute Gasteiger partial charge is 0.497 e. The first-order valence-corrected chi connectivity index (χ1v) is 7.97. The maximum absolute atomic E-state index is 12.0. The van der Waals surface area contributed by atoms with Crippen LogP contribution in [0.2, 0.25) is 0 Å². The molecule has 9 heteroatoms. The van der Waals surface area contributed by atoms with Gasteiger partial charge in [0.2, 0.25) is 5.91 Å². The number of pyridine rings is 1. The van der Waals surface area contributed by atoms with E-state index in [0.717, 1.165) is 0 Å². The van der Waals surface area contributed by atoms with Gasteiger partial charge in [-0.25, -0.2) is 10.4 Å². The third-order valence-electron chi connectivity index (χ3n) is 3.25. The summed E-state index contributed by atoms with van der Waals surface area (Å²) in [4.78, 5) is 39.3. The summed E-state index contributed by atoms with van der Waals surface area (Å²) in [7, 11) is 1.55. The first kappa shape index (κ1) is 19.6. The van der Waals surface area contributed by atoms with Crippen LogP contribution in [0.3, 0.4) is 0 Å². The zero-order valence-electron chi connectivity index (χ0n) is 14.9. The van der Waals surface area contributed by atoms with Crippen molar-refractivity contribution < 1.29 is 19.1 Å². The number of methoxy groups -OCH3 is 1. The predicted octanol–water partition coefficient (Wildman–Crippen LogP) is 1.55. The zero-order valence-corrected chi connectivity index (χ0v) is 14.9. The lowest BCUT2D eigenvalue weighted by Crippen LogP contribution is -2.33. The molecule has 140 valence electrons. The minimum atomic E-state index is -0.962. The van der Waals surface area contributed by atoms with E-state index in [0.29, 0.717) is 17.1 Å². The molecular formula is C18H19N5O4. The minimum absolute atomic E-state index is 0.0475. The summed E-state index contributed by atoms with van der Waals surface area (Å²) in [6.45, 7) is 1.56. The van der Waals surface area contributed by atoms with Crippen LogP contribution in [0, 0.1) is 0 Å². The standard InChI is InChI=1S/C18H19N5O4/c1-12(11-16(24)20-13-6-8-14(27-2)9-7-13)22-23-18(26)17(25)21-15-5-3-4-10-19-15/h3-10H,11H2,1-2H3,(H,20,24)(H,23,26)(H,19,21,25). The van der Waals surface area contributed by atoms with Crippen molar-refractivity contribution in [3.63, 3.8) is 0 Å². The second-order valence-electron chi connectivity index (χ2n) is 5.41. The molecule has 3 N–H and O–H groups in total. The van der Waals surface area contributed by atoms with Crippen molar-refractivity contribution in [2.24, 2.45) is 5.10 Å². The Kier molecular flexibility index (Phi) is 7.00. The van der Waals surface area contributed by atoms with Crippen LogP contribution in [-0.2, 0) is 14.4 Å². The highest BCUT2D eigenvalue weighted by Gasteiger charge is 2.14. The Morgan fingerprint density at radius 1 is 1.04 bits per heavy atom. The van der Waals surface area contributed by atoms with Gasteiger partial charge in [-0.15, -0.1) is 0 Å². The minimum Gasteiger partial charge on any atom is -0.497 e. The Morgan fingerprint density at radius 3 is 2.41 bits per heavy atom. The number of benzene rings is 1. The Balaban J connectivity index is 1.80. The van der Waals surface area contributed by atoms with Crippen LogP contribution in [0.25, 0.3) is 0 Å². The average Bonchev–Trinajstić information content (AvgIpc) is 2.67. The van der Waals surface area contributed by atoms with Gasteiger partial charge in [-0.1, -0.05) is 6.07 Å². The van der Waals surface area contributed by atoms with Crippen molar-refractivity contribution >= 4 is 34.9 Å². The molecule has 0 spiro atoms. The molecule has 0 saturated carbocycles. The predicted molar refractivity (Wildman–Crippen MR) is 100 cm³/mol. The topological polar surface area (TPSA) is 122 Å². The summed E-state index contributed by atoms with van der Waals surface area (Å²) >= 11 is 0. The summed E-state index contributed by atoms with van der Waals surface area (Å²) in [6, 6.07) is 11.7. The number of aromatic nitrogens is 1. The first-order valence-electron chi connectivity index (χ1n) is 7.97. The third kappa shape index (κ3) is 6.58. The number of rotatable bonds is 6. The quantitative estimate of drug-likeness (QED) is 0.405. The van der Waals surface area contributed by atoms with E-state index in [1.807, 2.05) is 0 Å². The van der Waals surface area contributed by atoms with E-state index in [-0.39, 0.29) is 18.1 Å². The van der Waals surface area contributed by atoms with Gasteiger partial charge in [0.05, 0.1) is 13.5 Å². The van der Waals surface area contributed by atoms with E-state index in [9.17, 15) is 14.4 Å². The molecule has 1 aromatic carbocycles. The number of ether oxygens (including phenoxy) is 1. The second-order valence-corrected chi connectivity index (χ2v) is 5.41. The number of anilines is 2. The number of amides is 3. The van der Waals surface area contributed by atoms with Crippen LogP contribution in [0.5, 0.6) is 5.75 Å². The maximum Gasteiger partial charge on any atom is 0.329 e. The Labute approximate surface area is 155 Å². The Bertz CT molecular complexity index is 835. The van der Waals surface area contributed by atoms with Gasteiger partial charge in [-0.3, -0.25) is 14.4 Å². The summed E-state index contributed by atoms with van der Waals surface area (Å²) in [5, 5.41) is 8.77. The number of nitrogens with zero attached hydrogens (tertiary/aromatic N) is 2. The molecule has 0 atom stereocenters. The number of hydrazone groups is 1. The van der Waals surface area contributed by atoms with Crippen molar-refractivity contribution in [2.75, 3.05) is 17.7 Å². The molecule has 2 rings (SSSR count). The van der Waals surface area contributed by atoms with E-state index in [1.165, 1.54) is 6.20 Å². The molecule has 0 unspecified atom stereocenters. The highest BCUT2D eigenvalue weighted by molar-refractivity contribution is 6.39. The van der Waals surface area contributed by atoms with Gasteiger partial charge in [-0.2, -0.15) is 5.10 Å². The molecule has 9 nitrogen and oxygen atoms in total. The fourth-order valence-corrected chi connectivity index (χ4v) is 1.96. The Hall–Kier alpha value is -3.75. The van der Waals surface area contributed by atoms with Crippen molar-refractivity contribution in [1.82, 2.24) is 10.4 Å². The van der Waals surface area contributed by atoms with Crippen LogP contribution in [-0.4, -0.2) is 35.5 Å². The number of carbonyl (C=O) groups excluding carboxylic acids is 3. The molecule has 27 heavy (non-hydrogen) atoms. The highest BCUT2D eigenvalue weighted by Crippen LogP contribution is 2.15. The van der Waals surface area contributed by atoms with Crippen molar-refractivity contribution in [1.29, 1.82) is 0 Å². The SMILES string of the molecule is COc1ccc(NC(=O)CC(C)=NNC(=O)C(=O)Nc2ccccn2)cc1. The van der Waals surface area contributed by atoms with Gasteiger partial charge in [0.1, 0.15) is 11.6 Å². The van der Waals surface area contributed by atoms with E-state index in [1.54, 1.807) is 56.5 Å². The molecule has 1 aromatic heterocycles. The van der Waals surface area contributed by atoms with Crippen LogP contribution >= 0.6 is 0 Å².